The summed E-state index contributed by atoms with van der Waals surface area (Å²) in [7, 11) is 0. The van der Waals surface area contributed by atoms with Crippen molar-refractivity contribution >= 4 is 17.5 Å². The smallest absolute Gasteiger partial charge is 0.311 e. The minimum atomic E-state index is -0.632. The molecule has 0 aromatic heterocycles. The maximum absolute atomic E-state index is 12.2. The minimum absolute atomic E-state index is 0.0957. The van der Waals surface area contributed by atoms with Gasteiger partial charge in [0.2, 0.25) is 0 Å². The van der Waals surface area contributed by atoms with Gasteiger partial charge in [0.1, 0.15) is 0 Å². The largest absolute Gasteiger partial charge is 0.502 e. The molecule has 0 radical (unpaired) electrons. The number of piperidine rings is 3. The Kier molecular flexibility index (Phi) is 2.93. The van der Waals surface area contributed by atoms with Crippen molar-refractivity contribution in [2.75, 3.05) is 13.1 Å². The maximum atomic E-state index is 12.2. The third-order valence-electron chi connectivity index (χ3n) is 3.96. The second-order valence-corrected chi connectivity index (χ2v) is 5.16. The van der Waals surface area contributed by atoms with Crippen LogP contribution in [0.4, 0.5) is 5.69 Å². The fourth-order valence-electron chi connectivity index (χ4n) is 2.84. The number of hydrogen-bond donors (Lipinski definition) is 1. The summed E-state index contributed by atoms with van der Waals surface area (Å²) in [6.45, 7) is 1.73. The van der Waals surface area contributed by atoms with Gasteiger partial charge in [-0.2, -0.15) is 0 Å². The van der Waals surface area contributed by atoms with E-state index in [9.17, 15) is 20.0 Å². The van der Waals surface area contributed by atoms with Crippen molar-refractivity contribution in [1.29, 1.82) is 0 Å². The van der Waals surface area contributed by atoms with E-state index in [1.807, 2.05) is 4.90 Å². The topological polar surface area (TPSA) is 83.7 Å². The molecule has 0 spiro atoms. The van der Waals surface area contributed by atoms with Gasteiger partial charge in [-0.3, -0.25) is 14.9 Å². The fraction of sp³-hybridized carbons (Fsp3) is 0.357. The van der Waals surface area contributed by atoms with E-state index in [1.165, 1.54) is 12.1 Å². The SMILES string of the molecule is O=C1/C(=C/c2ccc(O)c([N+](=O)[O-])c2)N2CCC1CC2. The lowest BCUT2D eigenvalue weighted by molar-refractivity contribution is -0.385. The number of rotatable bonds is 2. The summed E-state index contributed by atoms with van der Waals surface area (Å²) in [5, 5.41) is 20.2. The number of nitrogens with zero attached hydrogens (tertiary/aromatic N) is 2. The zero-order chi connectivity index (χ0) is 14.3. The van der Waals surface area contributed by atoms with E-state index in [-0.39, 0.29) is 23.1 Å². The van der Waals surface area contributed by atoms with Gasteiger partial charge in [0.15, 0.2) is 11.5 Å². The van der Waals surface area contributed by atoms with Gasteiger partial charge in [-0.15, -0.1) is 0 Å². The molecule has 4 rings (SSSR count). The number of hydrogen-bond acceptors (Lipinski definition) is 5. The molecule has 6 heteroatoms. The minimum Gasteiger partial charge on any atom is -0.502 e. The van der Waals surface area contributed by atoms with Crippen molar-refractivity contribution in [2.45, 2.75) is 12.8 Å². The third-order valence-corrected chi connectivity index (χ3v) is 3.96. The first-order chi connectivity index (χ1) is 9.56. The predicted octanol–water partition coefficient (Wildman–Crippen LogP) is 1.94. The zero-order valence-corrected chi connectivity index (χ0v) is 10.8. The summed E-state index contributed by atoms with van der Waals surface area (Å²) in [5.74, 6) is -0.148. The van der Waals surface area contributed by atoms with Crippen LogP contribution in [0.25, 0.3) is 6.08 Å². The molecule has 3 fully saturated rings. The molecule has 1 N–H and O–H groups in total. The van der Waals surface area contributed by atoms with Crippen LogP contribution in [0.5, 0.6) is 5.75 Å². The van der Waals surface area contributed by atoms with Gasteiger partial charge in [-0.25, -0.2) is 0 Å². The van der Waals surface area contributed by atoms with E-state index in [1.54, 1.807) is 12.1 Å². The van der Waals surface area contributed by atoms with Crippen molar-refractivity contribution in [3.8, 4) is 5.75 Å². The lowest BCUT2D eigenvalue weighted by Gasteiger charge is -2.41. The molecule has 1 aromatic carbocycles. The lowest BCUT2D eigenvalue weighted by Crippen LogP contribution is -2.45. The fourth-order valence-corrected chi connectivity index (χ4v) is 2.84. The number of carbonyl (C=O) groups excluding carboxylic acids is 1. The van der Waals surface area contributed by atoms with Gasteiger partial charge in [0.05, 0.1) is 10.6 Å². The monoisotopic (exact) mass is 274 g/mol. The standard InChI is InChI=1S/C14H14N2O4/c17-13-2-1-9(7-11(13)16(19)20)8-12-14(18)10-3-5-15(12)6-4-10/h1-2,7-8,10,17H,3-6H2/b12-8-. The number of allylic oxidation sites excluding steroid dienone is 1. The summed E-state index contributed by atoms with van der Waals surface area (Å²) < 4.78 is 0. The van der Waals surface area contributed by atoms with Crippen molar-refractivity contribution < 1.29 is 14.8 Å². The van der Waals surface area contributed by atoms with E-state index in [0.29, 0.717) is 11.3 Å². The Labute approximate surface area is 115 Å². The summed E-state index contributed by atoms with van der Waals surface area (Å²) in [6, 6.07) is 4.15. The van der Waals surface area contributed by atoms with Crippen LogP contribution in [0.1, 0.15) is 18.4 Å². The first kappa shape index (κ1) is 12.7. The van der Waals surface area contributed by atoms with E-state index >= 15 is 0 Å². The Bertz CT molecular complexity index is 616. The second kappa shape index (κ2) is 4.63. The molecule has 3 aliphatic rings. The highest BCUT2D eigenvalue weighted by Crippen LogP contribution is 2.33. The van der Waals surface area contributed by atoms with Gasteiger partial charge in [0.25, 0.3) is 0 Å². The summed E-state index contributed by atoms with van der Waals surface area (Å²) >= 11 is 0. The number of carbonyl (C=O) groups is 1. The van der Waals surface area contributed by atoms with Gasteiger partial charge in [-0.05, 0) is 30.5 Å². The van der Waals surface area contributed by atoms with Crippen LogP contribution < -0.4 is 0 Å². The van der Waals surface area contributed by atoms with Gasteiger partial charge >= 0.3 is 5.69 Å². The average Bonchev–Trinajstić information content (AvgIpc) is 2.45. The number of nitro groups is 1. The van der Waals surface area contributed by atoms with Crippen molar-refractivity contribution in [2.24, 2.45) is 5.92 Å². The van der Waals surface area contributed by atoms with Crippen molar-refractivity contribution in [3.05, 3.63) is 39.6 Å². The molecule has 0 saturated carbocycles. The summed E-state index contributed by atoms with van der Waals surface area (Å²) in [6.07, 6.45) is 3.47. The number of benzene rings is 1. The molecule has 20 heavy (non-hydrogen) atoms. The number of fused-ring (bicyclic) bond motifs is 3. The van der Waals surface area contributed by atoms with E-state index in [2.05, 4.69) is 0 Å². The third kappa shape index (κ3) is 2.03. The predicted molar refractivity (Wildman–Crippen MR) is 72.0 cm³/mol. The first-order valence-corrected chi connectivity index (χ1v) is 6.54. The number of Topliss-reactive ketones (excluding diaryl/α,β-unsaturated/α-hetero) is 1. The first-order valence-electron chi connectivity index (χ1n) is 6.54. The molecular formula is C14H14N2O4. The van der Waals surface area contributed by atoms with Crippen molar-refractivity contribution in [1.82, 2.24) is 4.90 Å². The van der Waals surface area contributed by atoms with E-state index in [0.717, 1.165) is 25.9 Å². The van der Waals surface area contributed by atoms with Crippen molar-refractivity contribution in [3.63, 3.8) is 0 Å². The van der Waals surface area contributed by atoms with Gasteiger partial charge in [-0.1, -0.05) is 6.07 Å². The van der Waals surface area contributed by atoms with E-state index < -0.39 is 4.92 Å². The molecule has 3 heterocycles. The maximum Gasteiger partial charge on any atom is 0.311 e. The Hall–Kier alpha value is -2.37. The molecule has 3 aliphatic heterocycles. The number of phenols is 1. The number of phenolic OH excluding ortho intramolecular Hbond substituents is 1. The quantitative estimate of drug-likeness (QED) is 0.506. The summed E-state index contributed by atoms with van der Waals surface area (Å²) in [4.78, 5) is 24.4. The molecule has 6 nitrogen and oxygen atoms in total. The average molecular weight is 274 g/mol. The highest BCUT2D eigenvalue weighted by atomic mass is 16.6. The van der Waals surface area contributed by atoms with Crippen LogP contribution in [0.2, 0.25) is 0 Å². The van der Waals surface area contributed by atoms with Crippen LogP contribution in [-0.2, 0) is 4.79 Å². The number of ketones is 1. The normalized spacial score (nSPS) is 20.7. The summed E-state index contributed by atoms with van der Waals surface area (Å²) in [5.41, 5.74) is 0.848. The molecular weight excluding hydrogens is 260 g/mol. The zero-order valence-electron chi connectivity index (χ0n) is 10.8. The molecule has 3 saturated heterocycles. The van der Waals surface area contributed by atoms with E-state index in [4.69, 9.17) is 0 Å². The molecule has 1 aromatic rings. The Morgan fingerprint density at radius 1 is 1.35 bits per heavy atom. The van der Waals surface area contributed by atoms with Gasteiger partial charge in [0, 0.05) is 25.1 Å². The van der Waals surface area contributed by atoms with Crippen LogP contribution >= 0.6 is 0 Å². The molecule has 2 bridgehead atoms. The number of aromatic hydroxyl groups is 1. The second-order valence-electron chi connectivity index (χ2n) is 5.16. The molecule has 0 amide bonds. The Morgan fingerprint density at radius 2 is 2.05 bits per heavy atom. The molecule has 0 aliphatic carbocycles. The van der Waals surface area contributed by atoms with Gasteiger partial charge < -0.3 is 10.0 Å². The number of nitro benzene ring substituents is 1. The van der Waals surface area contributed by atoms with Crippen LogP contribution in [-0.4, -0.2) is 33.8 Å². The van der Waals surface area contributed by atoms with Crippen LogP contribution in [0.3, 0.4) is 0 Å². The highest BCUT2D eigenvalue weighted by molar-refractivity contribution is 6.02. The Balaban J connectivity index is 1.98. The lowest BCUT2D eigenvalue weighted by atomic mass is 9.84. The highest BCUT2D eigenvalue weighted by Gasteiger charge is 2.36. The molecule has 0 unspecified atom stereocenters. The molecule has 0 atom stereocenters. The Morgan fingerprint density at radius 3 is 2.65 bits per heavy atom. The molecule has 104 valence electrons. The van der Waals surface area contributed by atoms with Crippen LogP contribution in [0.15, 0.2) is 23.9 Å². The van der Waals surface area contributed by atoms with Crippen LogP contribution in [0, 0.1) is 16.0 Å².